The average Bonchev–Trinajstić information content (AvgIpc) is 1.87. The molecule has 0 saturated heterocycles. The van der Waals surface area contributed by atoms with Crippen molar-refractivity contribution >= 4 is 6.16 Å². The maximum absolute atomic E-state index is 10.1. The first-order valence-electron chi connectivity index (χ1n) is 2.26. The van der Waals surface area contributed by atoms with Crippen molar-refractivity contribution in [2.45, 2.75) is 6.29 Å². The summed E-state index contributed by atoms with van der Waals surface area (Å²) in [7, 11) is 1.15. The molecule has 0 bridgehead atoms. The van der Waals surface area contributed by atoms with Crippen LogP contribution in [0.3, 0.4) is 0 Å². The van der Waals surface area contributed by atoms with Gasteiger partial charge in [-0.05, 0) is 6.08 Å². The summed E-state index contributed by atoms with van der Waals surface area (Å²) in [6.45, 7) is 3.17. The van der Waals surface area contributed by atoms with Gasteiger partial charge in [0, 0.05) is 0 Å². The van der Waals surface area contributed by atoms with Gasteiger partial charge < -0.3 is 14.6 Å². The van der Waals surface area contributed by atoms with Gasteiger partial charge in [-0.1, -0.05) is 6.58 Å². The third kappa shape index (κ3) is 3.54. The summed E-state index contributed by atoms with van der Waals surface area (Å²) in [6.07, 6.45) is -1.14. The van der Waals surface area contributed by atoms with Gasteiger partial charge in [0.1, 0.15) is 0 Å². The molecule has 0 aliphatic carbocycles. The lowest BCUT2D eigenvalue weighted by Gasteiger charge is -2.03. The Bertz CT molecular complexity index is 110. The Morgan fingerprint density at radius 2 is 2.44 bits per heavy atom. The Kier molecular flexibility index (Phi) is 3.46. The van der Waals surface area contributed by atoms with Gasteiger partial charge in [0.2, 0.25) is 6.29 Å². The third-order valence-corrected chi connectivity index (χ3v) is 0.585. The highest BCUT2D eigenvalue weighted by Gasteiger charge is 2.04. The zero-order chi connectivity index (χ0) is 7.28. The predicted octanol–water partition coefficient (Wildman–Crippen LogP) is 0.274. The maximum atomic E-state index is 10.1. The lowest BCUT2D eigenvalue weighted by Crippen LogP contribution is -2.14. The normalized spacial score (nSPS) is 11.8. The summed E-state index contributed by atoms with van der Waals surface area (Å²) in [5, 5.41) is 8.52. The van der Waals surface area contributed by atoms with Crippen molar-refractivity contribution < 1.29 is 19.4 Å². The molecule has 1 atom stereocenters. The molecule has 0 aliphatic heterocycles. The van der Waals surface area contributed by atoms with Gasteiger partial charge in [0.05, 0.1) is 7.11 Å². The Morgan fingerprint density at radius 1 is 1.89 bits per heavy atom. The van der Waals surface area contributed by atoms with E-state index in [0.717, 1.165) is 13.2 Å². The van der Waals surface area contributed by atoms with Crippen LogP contribution in [0.5, 0.6) is 0 Å². The smallest absolute Gasteiger partial charge is 0.438 e. The van der Waals surface area contributed by atoms with Gasteiger partial charge in [-0.15, -0.1) is 0 Å². The summed E-state index contributed by atoms with van der Waals surface area (Å²) in [4.78, 5) is 10.1. The van der Waals surface area contributed by atoms with Crippen molar-refractivity contribution in [1.29, 1.82) is 0 Å². The Labute approximate surface area is 52.7 Å². The number of hydrogen-bond donors (Lipinski definition) is 1. The third-order valence-electron chi connectivity index (χ3n) is 0.585. The Morgan fingerprint density at radius 3 is 2.78 bits per heavy atom. The molecular formula is C5H8O4. The quantitative estimate of drug-likeness (QED) is 0.333. The van der Waals surface area contributed by atoms with Crippen LogP contribution in [0.4, 0.5) is 4.79 Å². The van der Waals surface area contributed by atoms with Crippen LogP contribution < -0.4 is 0 Å². The summed E-state index contributed by atoms with van der Waals surface area (Å²) in [6, 6.07) is 0. The highest BCUT2D eigenvalue weighted by molar-refractivity contribution is 5.59. The molecule has 0 aromatic heterocycles. The summed E-state index contributed by atoms with van der Waals surface area (Å²) < 4.78 is 8.18. The van der Waals surface area contributed by atoms with E-state index in [0.29, 0.717) is 0 Å². The molecule has 0 aromatic rings. The Hall–Kier alpha value is -1.03. The van der Waals surface area contributed by atoms with Crippen LogP contribution >= 0.6 is 0 Å². The van der Waals surface area contributed by atoms with Gasteiger partial charge in [-0.2, -0.15) is 0 Å². The van der Waals surface area contributed by atoms with E-state index >= 15 is 0 Å². The summed E-state index contributed by atoms with van der Waals surface area (Å²) >= 11 is 0. The van der Waals surface area contributed by atoms with Crippen LogP contribution in [0.15, 0.2) is 12.7 Å². The molecule has 0 fully saturated rings. The topological polar surface area (TPSA) is 55.8 Å². The monoisotopic (exact) mass is 132 g/mol. The molecule has 4 heteroatoms. The highest BCUT2D eigenvalue weighted by atomic mass is 16.8. The number of hydrogen-bond acceptors (Lipinski definition) is 4. The zero-order valence-corrected chi connectivity index (χ0v) is 5.03. The highest BCUT2D eigenvalue weighted by Crippen LogP contribution is 1.89. The Balaban J connectivity index is 3.46. The predicted molar refractivity (Wildman–Crippen MR) is 29.7 cm³/mol. The summed E-state index contributed by atoms with van der Waals surface area (Å²) in [5.74, 6) is 0. The molecule has 0 rings (SSSR count). The van der Waals surface area contributed by atoms with Crippen molar-refractivity contribution in [1.82, 2.24) is 0 Å². The van der Waals surface area contributed by atoms with Gasteiger partial charge in [-0.25, -0.2) is 4.79 Å². The molecule has 0 radical (unpaired) electrons. The van der Waals surface area contributed by atoms with Crippen molar-refractivity contribution in [2.75, 3.05) is 7.11 Å². The van der Waals surface area contributed by atoms with E-state index < -0.39 is 12.4 Å². The van der Waals surface area contributed by atoms with Gasteiger partial charge in [-0.3, -0.25) is 0 Å². The molecule has 0 amide bonds. The number of aliphatic hydroxyl groups is 1. The molecule has 0 aliphatic rings. The minimum atomic E-state index is -1.28. The van der Waals surface area contributed by atoms with Crippen LogP contribution in [-0.2, 0) is 9.47 Å². The van der Waals surface area contributed by atoms with Crippen molar-refractivity contribution in [3.05, 3.63) is 12.7 Å². The standard InChI is InChI=1S/C5H8O4/c1-3-4(6)9-5(7)8-2/h3-4,6H,1H2,2H3. The van der Waals surface area contributed by atoms with E-state index in [1.165, 1.54) is 0 Å². The largest absolute Gasteiger partial charge is 0.510 e. The van der Waals surface area contributed by atoms with Gasteiger partial charge in [0.25, 0.3) is 0 Å². The zero-order valence-electron chi connectivity index (χ0n) is 5.03. The molecular weight excluding hydrogens is 124 g/mol. The number of rotatable bonds is 2. The molecule has 0 saturated carbocycles. The fourth-order valence-electron chi connectivity index (χ4n) is 0.195. The van der Waals surface area contributed by atoms with Crippen LogP contribution in [0.25, 0.3) is 0 Å². The molecule has 1 N–H and O–H groups in total. The van der Waals surface area contributed by atoms with E-state index in [4.69, 9.17) is 5.11 Å². The molecule has 0 aromatic carbocycles. The molecule has 52 valence electrons. The van der Waals surface area contributed by atoms with E-state index in [-0.39, 0.29) is 0 Å². The number of carbonyl (C=O) groups is 1. The average molecular weight is 132 g/mol. The van der Waals surface area contributed by atoms with Crippen LogP contribution in [0.2, 0.25) is 0 Å². The summed E-state index contributed by atoms with van der Waals surface area (Å²) in [5.41, 5.74) is 0. The van der Waals surface area contributed by atoms with E-state index in [2.05, 4.69) is 16.1 Å². The molecule has 0 spiro atoms. The SMILES string of the molecule is C=CC(O)OC(=O)OC. The van der Waals surface area contributed by atoms with E-state index in [1.54, 1.807) is 0 Å². The first kappa shape index (κ1) is 7.97. The van der Waals surface area contributed by atoms with Gasteiger partial charge in [0.15, 0.2) is 0 Å². The second kappa shape index (κ2) is 3.91. The minimum Gasteiger partial charge on any atom is -0.438 e. The fourth-order valence-corrected chi connectivity index (χ4v) is 0.195. The molecule has 4 nitrogen and oxygen atoms in total. The fraction of sp³-hybridized carbons (Fsp3) is 0.400. The lowest BCUT2D eigenvalue weighted by atomic mass is 10.6. The van der Waals surface area contributed by atoms with Crippen LogP contribution in [0, 0.1) is 0 Å². The second-order valence-electron chi connectivity index (χ2n) is 1.20. The van der Waals surface area contributed by atoms with Crippen LogP contribution in [-0.4, -0.2) is 24.7 Å². The molecule has 9 heavy (non-hydrogen) atoms. The van der Waals surface area contributed by atoms with Crippen molar-refractivity contribution in [2.24, 2.45) is 0 Å². The first-order chi connectivity index (χ1) is 4.20. The second-order valence-corrected chi connectivity index (χ2v) is 1.20. The first-order valence-corrected chi connectivity index (χ1v) is 2.26. The molecule has 1 unspecified atom stereocenters. The van der Waals surface area contributed by atoms with Gasteiger partial charge >= 0.3 is 6.16 Å². The van der Waals surface area contributed by atoms with Crippen LogP contribution in [0.1, 0.15) is 0 Å². The van der Waals surface area contributed by atoms with E-state index in [9.17, 15) is 4.79 Å². The maximum Gasteiger partial charge on any atom is 0.510 e. The van der Waals surface area contributed by atoms with Crippen molar-refractivity contribution in [3.8, 4) is 0 Å². The minimum absolute atomic E-state index is 0.928. The van der Waals surface area contributed by atoms with Crippen molar-refractivity contribution in [3.63, 3.8) is 0 Å². The number of methoxy groups -OCH3 is 1. The van der Waals surface area contributed by atoms with E-state index in [1.807, 2.05) is 0 Å². The number of carbonyl (C=O) groups excluding carboxylic acids is 1. The number of ether oxygens (including phenoxy) is 2. The lowest BCUT2D eigenvalue weighted by molar-refractivity contribution is -0.0447. The molecule has 0 heterocycles. The number of aliphatic hydroxyl groups excluding tert-OH is 1.